The summed E-state index contributed by atoms with van der Waals surface area (Å²) in [6.07, 6.45) is 0. The minimum atomic E-state index is -0.363. The van der Waals surface area contributed by atoms with Crippen LogP contribution in [0.5, 0.6) is 0 Å². The highest BCUT2D eigenvalue weighted by atomic mass is 32.1. The smallest absolute Gasteiger partial charge is 0.262 e. The average Bonchev–Trinajstić information content (AvgIpc) is 4.17. The molecule has 5 nitrogen and oxygen atoms in total. The van der Waals surface area contributed by atoms with E-state index >= 15 is 0 Å². The molecule has 0 N–H and O–H groups in total. The molecule has 14 aromatic rings. The summed E-state index contributed by atoms with van der Waals surface area (Å²) in [7, 11) is 0. The van der Waals surface area contributed by atoms with Gasteiger partial charge >= 0.3 is 0 Å². The summed E-state index contributed by atoms with van der Waals surface area (Å²) in [6, 6.07) is 71.7. The van der Waals surface area contributed by atoms with Crippen molar-refractivity contribution in [2.45, 2.75) is 0 Å². The maximum atomic E-state index is 7.41. The Balaban J connectivity index is 1.20. The van der Waals surface area contributed by atoms with Crippen LogP contribution in [0.2, 0.25) is 0 Å². The van der Waals surface area contributed by atoms with Crippen LogP contribution in [0.3, 0.4) is 0 Å². The van der Waals surface area contributed by atoms with Crippen molar-refractivity contribution in [3.05, 3.63) is 200 Å². The zero-order valence-electron chi connectivity index (χ0n) is 35.7. The maximum Gasteiger partial charge on any atom is 0.262 e. The van der Waals surface area contributed by atoms with Gasteiger partial charge in [0.05, 0.1) is 16.1 Å². The van der Waals surface area contributed by atoms with Crippen molar-refractivity contribution in [2.75, 3.05) is 9.80 Å². The van der Waals surface area contributed by atoms with Crippen LogP contribution in [-0.2, 0) is 0 Å². The van der Waals surface area contributed by atoms with Crippen LogP contribution in [-0.4, -0.2) is 6.71 Å². The third kappa shape index (κ3) is 4.63. The molecule has 0 bridgehead atoms. The first-order valence-corrected chi connectivity index (χ1v) is 23.6. The molecule has 0 aliphatic carbocycles. The first kappa shape index (κ1) is 35.8. The van der Waals surface area contributed by atoms with Crippen LogP contribution in [0.25, 0.3) is 97.1 Å². The molecule has 10 aromatic carbocycles. The van der Waals surface area contributed by atoms with Crippen LogP contribution in [0, 0.1) is 0 Å². The topological polar surface area (TPSA) is 45.9 Å². The minimum absolute atomic E-state index is 0.363. The molecule has 0 saturated carbocycles. The van der Waals surface area contributed by atoms with Crippen LogP contribution < -0.4 is 26.2 Å². The van der Waals surface area contributed by atoms with Gasteiger partial charge in [0.2, 0.25) is 0 Å². The molecule has 0 unspecified atom stereocenters. The summed E-state index contributed by atoms with van der Waals surface area (Å²) < 4.78 is 24.6. The van der Waals surface area contributed by atoms with Gasteiger partial charge in [-0.3, -0.25) is 0 Å². The van der Waals surface area contributed by atoms with E-state index in [0.29, 0.717) is 0 Å². The molecule has 67 heavy (non-hydrogen) atoms. The van der Waals surface area contributed by atoms with E-state index in [2.05, 4.69) is 210 Å². The molecule has 0 fully saturated rings. The fourth-order valence-corrected chi connectivity index (χ4v) is 13.0. The molecule has 16 rings (SSSR count). The third-order valence-corrected chi connectivity index (χ3v) is 15.6. The quantitative estimate of drug-likeness (QED) is 0.166. The van der Waals surface area contributed by atoms with E-state index in [-0.39, 0.29) is 6.71 Å². The van der Waals surface area contributed by atoms with E-state index in [1.165, 1.54) is 25.6 Å². The Labute approximate surface area is 387 Å². The van der Waals surface area contributed by atoms with Gasteiger partial charge in [-0.2, -0.15) is 0 Å². The molecule has 310 valence electrons. The van der Waals surface area contributed by atoms with Gasteiger partial charge in [0.15, 0.2) is 5.58 Å². The zero-order valence-corrected chi connectivity index (χ0v) is 36.5. The van der Waals surface area contributed by atoms with E-state index in [1.807, 2.05) is 11.3 Å². The highest BCUT2D eigenvalue weighted by Crippen LogP contribution is 2.55. The van der Waals surface area contributed by atoms with Gasteiger partial charge in [-0.25, -0.2) is 0 Å². The number of thiophene rings is 1. The Morgan fingerprint density at radius 3 is 1.37 bits per heavy atom. The van der Waals surface area contributed by atoms with Gasteiger partial charge in [-0.15, -0.1) is 11.3 Å². The van der Waals surface area contributed by atoms with Gasteiger partial charge in [0, 0.05) is 76.0 Å². The molecule has 2 aliphatic rings. The fourth-order valence-electron chi connectivity index (χ4n) is 11.8. The van der Waals surface area contributed by atoms with E-state index in [9.17, 15) is 0 Å². The van der Waals surface area contributed by atoms with Crippen molar-refractivity contribution < 1.29 is 13.3 Å². The molecular weight excluding hydrogens is 840 g/mol. The second-order valence-electron chi connectivity index (χ2n) is 17.8. The average molecular weight is 873 g/mol. The molecular formula is C60H33BN2O3S. The lowest BCUT2D eigenvalue weighted by Crippen LogP contribution is -2.61. The van der Waals surface area contributed by atoms with Crippen molar-refractivity contribution in [2.24, 2.45) is 0 Å². The molecule has 2 aliphatic heterocycles. The maximum absolute atomic E-state index is 7.41. The van der Waals surface area contributed by atoms with Gasteiger partial charge in [0.25, 0.3) is 6.71 Å². The molecule has 4 aromatic heterocycles. The second-order valence-corrected chi connectivity index (χ2v) is 18.9. The molecule has 6 heterocycles. The molecule has 7 heteroatoms. The second kappa shape index (κ2) is 13.1. The Hall–Kier alpha value is -8.52. The Morgan fingerprint density at radius 2 is 0.791 bits per heavy atom. The molecule has 0 amide bonds. The molecule has 0 atom stereocenters. The summed E-state index contributed by atoms with van der Waals surface area (Å²) in [5.41, 5.74) is 17.1. The predicted molar refractivity (Wildman–Crippen MR) is 281 cm³/mol. The SMILES string of the molecule is c1ccc(-c2cc3c4c(c2)N(c2ccccc2)c2c(c5oc6ccccc6c5c5c2sc2ccccc25)B4c2c(c4oc5ccccc5c4c4c2oc2ccccc24)N3c2ccccc2)cc1. The summed E-state index contributed by atoms with van der Waals surface area (Å²) >= 11 is 1.87. The first-order valence-electron chi connectivity index (χ1n) is 22.8. The summed E-state index contributed by atoms with van der Waals surface area (Å²) in [5, 5.41) is 8.91. The Morgan fingerprint density at radius 1 is 0.358 bits per heavy atom. The number of hydrogen-bond acceptors (Lipinski definition) is 6. The number of nitrogens with zero attached hydrogens (tertiary/aromatic N) is 2. The van der Waals surface area contributed by atoms with Gasteiger partial charge in [-0.05, 0) is 82.7 Å². The predicted octanol–water partition coefficient (Wildman–Crippen LogP) is 15.5. The highest BCUT2D eigenvalue weighted by molar-refractivity contribution is 7.27. The number of anilines is 6. The summed E-state index contributed by atoms with van der Waals surface area (Å²) in [4.78, 5) is 4.99. The lowest BCUT2D eigenvalue weighted by Gasteiger charge is -2.44. The van der Waals surface area contributed by atoms with E-state index in [1.54, 1.807) is 0 Å². The van der Waals surface area contributed by atoms with Crippen molar-refractivity contribution in [1.29, 1.82) is 0 Å². The van der Waals surface area contributed by atoms with E-state index in [4.69, 9.17) is 13.3 Å². The third-order valence-electron chi connectivity index (χ3n) is 14.4. The highest BCUT2D eigenvalue weighted by Gasteiger charge is 2.50. The number of para-hydroxylation sites is 5. The molecule has 0 radical (unpaired) electrons. The molecule has 0 spiro atoms. The monoisotopic (exact) mass is 872 g/mol. The van der Waals surface area contributed by atoms with Crippen molar-refractivity contribution in [3.8, 4) is 11.1 Å². The Kier molecular flexibility index (Phi) is 6.98. The Bertz CT molecular complexity index is 4160. The number of hydrogen-bond donors (Lipinski definition) is 0. The van der Waals surface area contributed by atoms with Crippen molar-refractivity contribution in [3.63, 3.8) is 0 Å². The lowest BCUT2D eigenvalue weighted by atomic mass is 9.33. The standard InChI is InChI=1S/C60H33BN2O3S/c1-4-18-34(19-5-1)35-32-42-52-43(33-35)63(37-22-8-3-9-23-37)56-54(58-50(40-26-12-15-29-45(40)65-58)51-41-27-13-17-31-47(41)67-60(51)56)61(52)53-55(62(42)36-20-6-2-7-21-36)59-49(39-25-11-16-30-46(39)66-59)48-38-24-10-14-28-44(38)64-57(48)53/h1-33H. The van der Waals surface area contributed by atoms with Crippen LogP contribution in [0.1, 0.15) is 0 Å². The summed E-state index contributed by atoms with van der Waals surface area (Å²) in [5.74, 6) is 0. The van der Waals surface area contributed by atoms with Gasteiger partial charge in [-0.1, -0.05) is 140 Å². The van der Waals surface area contributed by atoms with E-state index in [0.717, 1.165) is 122 Å². The first-order chi connectivity index (χ1) is 33.3. The fraction of sp³-hybridized carbons (Fsp3) is 0. The van der Waals surface area contributed by atoms with Crippen LogP contribution in [0.4, 0.5) is 34.1 Å². The van der Waals surface area contributed by atoms with Gasteiger partial charge < -0.3 is 23.1 Å². The minimum Gasteiger partial charge on any atom is -0.456 e. The zero-order chi connectivity index (χ0) is 43.5. The van der Waals surface area contributed by atoms with Gasteiger partial charge in [0.1, 0.15) is 27.9 Å². The van der Waals surface area contributed by atoms with Crippen molar-refractivity contribution in [1.82, 2.24) is 0 Å². The lowest BCUT2D eigenvalue weighted by molar-refractivity contribution is 0.665. The summed E-state index contributed by atoms with van der Waals surface area (Å²) in [6.45, 7) is -0.363. The largest absolute Gasteiger partial charge is 0.456 e. The number of furan rings is 3. The van der Waals surface area contributed by atoms with E-state index < -0.39 is 0 Å². The normalized spacial score (nSPS) is 13.3. The van der Waals surface area contributed by atoms with Crippen LogP contribution >= 0.6 is 11.3 Å². The van der Waals surface area contributed by atoms with Crippen molar-refractivity contribution >= 4 is 155 Å². The molecule has 0 saturated heterocycles. The number of benzene rings is 10. The number of fused-ring (bicyclic) bond motifs is 22. The van der Waals surface area contributed by atoms with Crippen LogP contribution in [0.15, 0.2) is 213 Å². The number of rotatable bonds is 3.